The summed E-state index contributed by atoms with van der Waals surface area (Å²) >= 11 is 0. The molecule has 0 spiro atoms. The summed E-state index contributed by atoms with van der Waals surface area (Å²) in [4.78, 5) is 3.52. The Morgan fingerprint density at radius 1 is 1.38 bits per heavy atom. The number of rotatable bonds is 3. The van der Waals surface area contributed by atoms with Gasteiger partial charge in [-0.15, -0.1) is 13.2 Å². The molecule has 0 unspecified atom stereocenters. The molecule has 0 aromatic carbocycles. The normalized spacial score (nSPS) is 10.7. The molecule has 0 saturated carbocycles. The van der Waals surface area contributed by atoms with Crippen LogP contribution in [0.3, 0.4) is 0 Å². The number of alkyl halides is 3. The molecule has 0 aliphatic carbocycles. The second kappa shape index (κ2) is 4.70. The Kier molecular flexibility index (Phi) is 3.55. The highest BCUT2D eigenvalue weighted by molar-refractivity contribution is 5.43. The van der Waals surface area contributed by atoms with Crippen molar-refractivity contribution in [3.63, 3.8) is 0 Å². The van der Waals surface area contributed by atoms with E-state index in [2.05, 4.69) is 9.72 Å². The van der Waals surface area contributed by atoms with E-state index in [0.29, 0.717) is 0 Å². The molecule has 86 valence electrons. The topological polar surface area (TPSA) is 55.1 Å². The summed E-state index contributed by atoms with van der Waals surface area (Å²) in [5.41, 5.74) is 0.0253. The van der Waals surface area contributed by atoms with Crippen molar-refractivity contribution in [1.29, 1.82) is 5.26 Å². The molecule has 0 saturated heterocycles. The van der Waals surface area contributed by atoms with Gasteiger partial charge >= 0.3 is 6.36 Å². The Morgan fingerprint density at radius 3 is 2.50 bits per heavy atom. The number of aromatic nitrogens is 1. The zero-order valence-corrected chi connectivity index (χ0v) is 8.21. The lowest BCUT2D eigenvalue weighted by molar-refractivity contribution is -0.275. The van der Waals surface area contributed by atoms with E-state index in [4.69, 9.17) is 10.00 Å². The molecule has 4 nitrogen and oxygen atoms in total. The number of methoxy groups -OCH3 is 1. The summed E-state index contributed by atoms with van der Waals surface area (Å²) in [5, 5.41) is 8.50. The molecule has 0 bridgehead atoms. The van der Waals surface area contributed by atoms with Gasteiger partial charge in [0.05, 0.1) is 37.6 Å². The van der Waals surface area contributed by atoms with Crippen LogP contribution in [0.4, 0.5) is 13.2 Å². The molecule has 0 atom stereocenters. The smallest absolute Gasteiger partial charge is 0.495 e. The molecule has 1 heterocycles. The first kappa shape index (κ1) is 12.1. The second-order valence-corrected chi connectivity index (χ2v) is 2.70. The molecule has 0 amide bonds. The van der Waals surface area contributed by atoms with Crippen LogP contribution in [0.15, 0.2) is 12.4 Å². The molecule has 0 N–H and O–H groups in total. The van der Waals surface area contributed by atoms with E-state index in [-0.39, 0.29) is 17.7 Å². The van der Waals surface area contributed by atoms with Gasteiger partial charge in [-0.05, 0) is 0 Å². The lowest BCUT2D eigenvalue weighted by Crippen LogP contribution is -2.18. The molecular formula is C9H7F3N2O2. The van der Waals surface area contributed by atoms with Gasteiger partial charge in [0.15, 0.2) is 5.75 Å². The first-order chi connectivity index (χ1) is 7.48. The van der Waals surface area contributed by atoms with Crippen molar-refractivity contribution in [3.05, 3.63) is 18.0 Å². The van der Waals surface area contributed by atoms with Crippen LogP contribution in [0.25, 0.3) is 0 Å². The van der Waals surface area contributed by atoms with Gasteiger partial charge in [0, 0.05) is 0 Å². The highest BCUT2D eigenvalue weighted by atomic mass is 19.4. The van der Waals surface area contributed by atoms with E-state index in [9.17, 15) is 13.2 Å². The summed E-state index contributed by atoms with van der Waals surface area (Å²) in [6.45, 7) is 0. The van der Waals surface area contributed by atoms with Gasteiger partial charge in [0.2, 0.25) is 0 Å². The standard InChI is InChI=1S/C9H7F3N2O2/c1-15-7-4-14-5-8(6(7)2-3-13)16-9(10,11)12/h4-5H,2H2,1H3. The van der Waals surface area contributed by atoms with Gasteiger partial charge in [0.1, 0.15) is 5.75 Å². The summed E-state index contributed by atoms with van der Waals surface area (Å²) in [7, 11) is 1.27. The van der Waals surface area contributed by atoms with Gasteiger partial charge < -0.3 is 9.47 Å². The lowest BCUT2D eigenvalue weighted by Gasteiger charge is -2.13. The van der Waals surface area contributed by atoms with Crippen LogP contribution in [0.2, 0.25) is 0 Å². The molecule has 16 heavy (non-hydrogen) atoms. The average Bonchev–Trinajstić information content (AvgIpc) is 2.18. The third-order valence-corrected chi connectivity index (χ3v) is 1.68. The Labute approximate surface area is 89.2 Å². The quantitative estimate of drug-likeness (QED) is 0.800. The third-order valence-electron chi connectivity index (χ3n) is 1.68. The second-order valence-electron chi connectivity index (χ2n) is 2.70. The number of nitriles is 1. The van der Waals surface area contributed by atoms with Crippen molar-refractivity contribution >= 4 is 0 Å². The minimum Gasteiger partial charge on any atom is -0.495 e. The molecule has 0 radical (unpaired) electrons. The maximum absolute atomic E-state index is 12.0. The molecule has 0 aliphatic rings. The zero-order valence-electron chi connectivity index (χ0n) is 8.21. The van der Waals surface area contributed by atoms with E-state index in [1.807, 2.05) is 0 Å². The Balaban J connectivity index is 3.12. The summed E-state index contributed by atoms with van der Waals surface area (Å²) in [6.07, 6.45) is -2.96. The molecule has 1 rings (SSSR count). The van der Waals surface area contributed by atoms with Crippen molar-refractivity contribution in [3.8, 4) is 17.6 Å². The first-order valence-electron chi connectivity index (χ1n) is 4.11. The first-order valence-corrected chi connectivity index (χ1v) is 4.11. The molecule has 1 aromatic rings. The van der Waals surface area contributed by atoms with E-state index >= 15 is 0 Å². The van der Waals surface area contributed by atoms with Crippen LogP contribution < -0.4 is 9.47 Å². The van der Waals surface area contributed by atoms with Gasteiger partial charge in [-0.1, -0.05) is 0 Å². The van der Waals surface area contributed by atoms with Crippen LogP contribution in [-0.2, 0) is 6.42 Å². The van der Waals surface area contributed by atoms with Gasteiger partial charge in [0.25, 0.3) is 0 Å². The number of nitrogens with zero attached hydrogens (tertiary/aromatic N) is 2. The molecule has 1 aromatic heterocycles. The number of ether oxygens (including phenoxy) is 2. The van der Waals surface area contributed by atoms with Crippen LogP contribution in [-0.4, -0.2) is 18.5 Å². The predicted octanol–water partition coefficient (Wildman–Crippen LogP) is 2.05. The molecule has 0 fully saturated rings. The number of halogens is 3. The summed E-state index contributed by atoms with van der Waals surface area (Å²) < 4.78 is 44.6. The minimum atomic E-state index is -4.82. The van der Waals surface area contributed by atoms with Crippen LogP contribution in [0.5, 0.6) is 11.5 Å². The van der Waals surface area contributed by atoms with E-state index in [0.717, 1.165) is 6.20 Å². The van der Waals surface area contributed by atoms with E-state index in [1.54, 1.807) is 6.07 Å². The number of hydrogen-bond acceptors (Lipinski definition) is 4. The summed E-state index contributed by atoms with van der Waals surface area (Å²) in [5.74, 6) is -0.434. The SMILES string of the molecule is COc1cncc(OC(F)(F)F)c1CC#N. The molecule has 0 aliphatic heterocycles. The van der Waals surface area contributed by atoms with Crippen molar-refractivity contribution in [2.24, 2.45) is 0 Å². The zero-order chi connectivity index (χ0) is 12.2. The Bertz CT molecular complexity index is 412. The Morgan fingerprint density at radius 2 is 2.00 bits per heavy atom. The van der Waals surface area contributed by atoms with Crippen LogP contribution >= 0.6 is 0 Å². The van der Waals surface area contributed by atoms with E-state index < -0.39 is 12.1 Å². The maximum Gasteiger partial charge on any atom is 0.573 e. The molecular weight excluding hydrogens is 225 g/mol. The summed E-state index contributed by atoms with van der Waals surface area (Å²) in [6, 6.07) is 1.73. The van der Waals surface area contributed by atoms with Crippen molar-refractivity contribution in [2.75, 3.05) is 7.11 Å². The monoisotopic (exact) mass is 232 g/mol. The fourth-order valence-electron chi connectivity index (χ4n) is 1.09. The van der Waals surface area contributed by atoms with Crippen molar-refractivity contribution < 1.29 is 22.6 Å². The minimum absolute atomic E-state index is 0.0253. The van der Waals surface area contributed by atoms with Crippen molar-refractivity contribution in [1.82, 2.24) is 4.98 Å². The highest BCUT2D eigenvalue weighted by Gasteiger charge is 2.32. The highest BCUT2D eigenvalue weighted by Crippen LogP contribution is 2.31. The fourth-order valence-corrected chi connectivity index (χ4v) is 1.09. The largest absolute Gasteiger partial charge is 0.573 e. The lowest BCUT2D eigenvalue weighted by atomic mass is 10.2. The third kappa shape index (κ3) is 3.02. The van der Waals surface area contributed by atoms with Gasteiger partial charge in [-0.25, -0.2) is 0 Å². The van der Waals surface area contributed by atoms with Crippen LogP contribution in [0.1, 0.15) is 5.56 Å². The average molecular weight is 232 g/mol. The number of pyridine rings is 1. The Hall–Kier alpha value is -1.97. The van der Waals surface area contributed by atoms with E-state index in [1.165, 1.54) is 13.3 Å². The molecule has 7 heteroatoms. The fraction of sp³-hybridized carbons (Fsp3) is 0.333. The van der Waals surface area contributed by atoms with Gasteiger partial charge in [-0.3, -0.25) is 4.98 Å². The van der Waals surface area contributed by atoms with Crippen molar-refractivity contribution in [2.45, 2.75) is 12.8 Å². The van der Waals surface area contributed by atoms with Gasteiger partial charge in [-0.2, -0.15) is 5.26 Å². The number of hydrogen-bond donors (Lipinski definition) is 0. The maximum atomic E-state index is 12.0. The van der Waals surface area contributed by atoms with Crippen LogP contribution in [0, 0.1) is 11.3 Å². The predicted molar refractivity (Wildman–Crippen MR) is 46.8 cm³/mol.